The van der Waals surface area contributed by atoms with E-state index >= 15 is 0 Å². The number of aromatic nitrogens is 2. The first-order valence-electron chi connectivity index (χ1n) is 7.43. The summed E-state index contributed by atoms with van der Waals surface area (Å²) in [5, 5.41) is 20.2. The van der Waals surface area contributed by atoms with Gasteiger partial charge in [-0.05, 0) is 10.5 Å². The molecule has 9 heteroatoms. The van der Waals surface area contributed by atoms with Crippen molar-refractivity contribution >= 4 is 11.9 Å². The Morgan fingerprint density at radius 3 is 2.79 bits per heavy atom. The number of amides is 1. The van der Waals surface area contributed by atoms with Gasteiger partial charge in [-0.2, -0.15) is 0 Å². The number of benzene rings is 1. The van der Waals surface area contributed by atoms with Crippen LogP contribution in [0.5, 0.6) is 6.01 Å². The van der Waals surface area contributed by atoms with Gasteiger partial charge in [-0.15, -0.1) is 0 Å². The number of ether oxygens (including phenoxy) is 1. The Morgan fingerprint density at radius 2 is 2.12 bits per heavy atom. The summed E-state index contributed by atoms with van der Waals surface area (Å²) in [6.45, 7) is 0.635. The van der Waals surface area contributed by atoms with Crippen LogP contribution in [0.2, 0.25) is 0 Å². The fraction of sp³-hybridized carbons (Fsp3) is 0.333. The molecule has 0 aliphatic carbocycles. The molecule has 0 fully saturated rings. The smallest absolute Gasteiger partial charge is 0.414 e. The zero-order chi connectivity index (χ0) is 17.1. The summed E-state index contributed by atoms with van der Waals surface area (Å²) < 4.78 is 7.27. The van der Waals surface area contributed by atoms with Gasteiger partial charge in [0.15, 0.2) is 0 Å². The number of rotatable bonds is 3. The number of imidazole rings is 1. The zero-order valence-corrected chi connectivity index (χ0v) is 12.7. The summed E-state index contributed by atoms with van der Waals surface area (Å²) in [5.41, 5.74) is 0.987. The van der Waals surface area contributed by atoms with E-state index in [9.17, 15) is 20.0 Å². The molecule has 24 heavy (non-hydrogen) atoms. The van der Waals surface area contributed by atoms with Gasteiger partial charge in [0.2, 0.25) is 0 Å². The number of carbonyl (C=O) groups is 1. The first-order valence-corrected chi connectivity index (χ1v) is 7.43. The molecule has 2 heterocycles. The van der Waals surface area contributed by atoms with Gasteiger partial charge in [-0.25, -0.2) is 4.79 Å². The lowest BCUT2D eigenvalue weighted by molar-refractivity contribution is -0.389. The fourth-order valence-corrected chi connectivity index (χ4v) is 2.64. The first-order chi connectivity index (χ1) is 11.5. The van der Waals surface area contributed by atoms with Crippen molar-refractivity contribution in [3.8, 4) is 6.01 Å². The second-order valence-corrected chi connectivity index (χ2v) is 5.49. The standard InChI is InChI=1S/C15H16N4O5/c20-15(21)18-7-6-17-10-13(19(22)23)16-14(17)24-12(9-18)8-11-4-2-1-3-5-11/h1-5,10,12H,6-9H2,(H,20,21). The molecule has 0 bridgehead atoms. The normalized spacial score (nSPS) is 17.3. The first kappa shape index (κ1) is 15.8. The van der Waals surface area contributed by atoms with E-state index in [1.165, 1.54) is 15.7 Å². The molecule has 3 rings (SSSR count). The van der Waals surface area contributed by atoms with Crippen LogP contribution in [0.25, 0.3) is 0 Å². The number of hydrogen-bond donors (Lipinski definition) is 1. The molecule has 2 aromatic rings. The molecule has 1 atom stereocenters. The Labute approximate surface area is 137 Å². The maximum atomic E-state index is 11.4. The molecule has 0 saturated carbocycles. The van der Waals surface area contributed by atoms with E-state index in [-0.39, 0.29) is 31.5 Å². The summed E-state index contributed by atoms with van der Waals surface area (Å²) in [6.07, 6.45) is 0.213. The summed E-state index contributed by atoms with van der Waals surface area (Å²) in [7, 11) is 0. The third-order valence-electron chi connectivity index (χ3n) is 3.80. The number of nitro groups is 1. The zero-order valence-electron chi connectivity index (χ0n) is 12.7. The largest absolute Gasteiger partial charge is 0.465 e. The van der Waals surface area contributed by atoms with E-state index < -0.39 is 17.1 Å². The molecule has 1 unspecified atom stereocenters. The maximum Gasteiger partial charge on any atom is 0.414 e. The van der Waals surface area contributed by atoms with E-state index in [1.54, 1.807) is 0 Å². The van der Waals surface area contributed by atoms with E-state index in [0.29, 0.717) is 6.42 Å². The molecule has 0 saturated heterocycles. The van der Waals surface area contributed by atoms with Gasteiger partial charge in [0, 0.05) is 24.5 Å². The van der Waals surface area contributed by atoms with Gasteiger partial charge >= 0.3 is 17.9 Å². The van der Waals surface area contributed by atoms with Gasteiger partial charge in [0.05, 0.1) is 6.54 Å². The van der Waals surface area contributed by atoms with Gasteiger partial charge in [0.1, 0.15) is 12.3 Å². The summed E-state index contributed by atoms with van der Waals surface area (Å²) in [4.78, 5) is 26.8. The molecule has 126 valence electrons. The van der Waals surface area contributed by atoms with E-state index in [2.05, 4.69) is 4.98 Å². The summed E-state index contributed by atoms with van der Waals surface area (Å²) >= 11 is 0. The molecule has 1 aromatic heterocycles. The highest BCUT2D eigenvalue weighted by atomic mass is 16.6. The van der Waals surface area contributed by atoms with Gasteiger partial charge in [-0.1, -0.05) is 30.3 Å². The van der Waals surface area contributed by atoms with E-state index in [0.717, 1.165) is 5.56 Å². The van der Waals surface area contributed by atoms with Crippen molar-refractivity contribution in [2.24, 2.45) is 0 Å². The minimum atomic E-state index is -1.05. The van der Waals surface area contributed by atoms with Crippen molar-refractivity contribution in [3.05, 3.63) is 52.2 Å². The Morgan fingerprint density at radius 1 is 1.38 bits per heavy atom. The third kappa shape index (κ3) is 3.45. The number of carboxylic acid groups (broad SMARTS) is 1. The number of hydrogen-bond acceptors (Lipinski definition) is 5. The average molecular weight is 332 g/mol. The predicted molar refractivity (Wildman–Crippen MR) is 83.0 cm³/mol. The number of fused-ring (bicyclic) bond motifs is 1. The molecule has 1 amide bonds. The van der Waals surface area contributed by atoms with Gasteiger partial charge in [-0.3, -0.25) is 4.57 Å². The van der Waals surface area contributed by atoms with E-state index in [1.807, 2.05) is 30.3 Å². The van der Waals surface area contributed by atoms with Gasteiger partial charge in [0.25, 0.3) is 0 Å². The second kappa shape index (κ2) is 6.57. The fourth-order valence-electron chi connectivity index (χ4n) is 2.64. The maximum absolute atomic E-state index is 11.4. The van der Waals surface area contributed by atoms with Crippen LogP contribution in [0, 0.1) is 10.1 Å². The lowest BCUT2D eigenvalue weighted by Crippen LogP contribution is -2.43. The minimum absolute atomic E-state index is 0.146. The molecule has 9 nitrogen and oxygen atoms in total. The highest BCUT2D eigenvalue weighted by Gasteiger charge is 2.29. The van der Waals surface area contributed by atoms with Crippen LogP contribution in [0.4, 0.5) is 10.6 Å². The Kier molecular flexibility index (Phi) is 4.32. The second-order valence-electron chi connectivity index (χ2n) is 5.49. The topological polar surface area (TPSA) is 111 Å². The molecule has 1 aromatic carbocycles. The molecule has 1 aliphatic rings. The highest BCUT2D eigenvalue weighted by molar-refractivity contribution is 5.65. The highest BCUT2D eigenvalue weighted by Crippen LogP contribution is 2.22. The lowest BCUT2D eigenvalue weighted by atomic mass is 10.1. The van der Waals surface area contributed by atoms with Crippen LogP contribution >= 0.6 is 0 Å². The van der Waals surface area contributed by atoms with Crippen LogP contribution in [-0.4, -0.2) is 49.8 Å². The Hall–Kier alpha value is -3.10. The van der Waals surface area contributed by atoms with Crippen LogP contribution in [0.3, 0.4) is 0 Å². The van der Waals surface area contributed by atoms with Crippen molar-refractivity contribution in [1.29, 1.82) is 0 Å². The van der Waals surface area contributed by atoms with Crippen molar-refractivity contribution in [2.75, 3.05) is 13.1 Å². The van der Waals surface area contributed by atoms with Crippen LogP contribution in [0.15, 0.2) is 36.5 Å². The predicted octanol–water partition coefficient (Wildman–Crippen LogP) is 1.77. The molecule has 0 radical (unpaired) electrons. The monoisotopic (exact) mass is 332 g/mol. The van der Waals surface area contributed by atoms with E-state index in [4.69, 9.17) is 4.74 Å². The van der Waals surface area contributed by atoms with Crippen LogP contribution in [-0.2, 0) is 13.0 Å². The minimum Gasteiger partial charge on any atom is -0.465 e. The number of nitrogens with zero attached hydrogens (tertiary/aromatic N) is 4. The van der Waals surface area contributed by atoms with Crippen molar-refractivity contribution in [3.63, 3.8) is 0 Å². The third-order valence-corrected chi connectivity index (χ3v) is 3.80. The Balaban J connectivity index is 1.87. The SMILES string of the molecule is O=C(O)N1CCn2cc([N+](=O)[O-])nc2OC(Cc2ccccc2)C1. The molecule has 1 N–H and O–H groups in total. The molecule has 0 spiro atoms. The quantitative estimate of drug-likeness (QED) is 0.677. The summed E-state index contributed by atoms with van der Waals surface area (Å²) in [6, 6.07) is 9.65. The van der Waals surface area contributed by atoms with Crippen molar-refractivity contribution < 1.29 is 19.6 Å². The average Bonchev–Trinajstić information content (AvgIpc) is 2.92. The van der Waals surface area contributed by atoms with Crippen LogP contribution in [0.1, 0.15) is 5.56 Å². The Bertz CT molecular complexity index is 746. The van der Waals surface area contributed by atoms with Gasteiger partial charge < -0.3 is 24.9 Å². The molecule has 1 aliphatic heterocycles. The molecular formula is C15H16N4O5. The van der Waals surface area contributed by atoms with Crippen LogP contribution < -0.4 is 4.74 Å². The van der Waals surface area contributed by atoms with Crippen molar-refractivity contribution in [1.82, 2.24) is 14.5 Å². The summed E-state index contributed by atoms with van der Waals surface area (Å²) in [5.74, 6) is -0.313. The molecular weight excluding hydrogens is 316 g/mol. The lowest BCUT2D eigenvalue weighted by Gasteiger charge is -2.27. The van der Waals surface area contributed by atoms with Crippen molar-refractivity contribution in [2.45, 2.75) is 19.1 Å².